The van der Waals surface area contributed by atoms with Crippen molar-refractivity contribution in [3.8, 4) is 0 Å². The molecule has 1 aromatic rings. The van der Waals surface area contributed by atoms with E-state index in [9.17, 15) is 14.7 Å². The number of aliphatic carboxylic acids is 1. The molecule has 94 valence electrons. The Morgan fingerprint density at radius 3 is 2.83 bits per heavy atom. The number of amides is 1. The number of fused-ring (bicyclic) bond motifs is 3. The van der Waals surface area contributed by atoms with Gasteiger partial charge in [0, 0.05) is 6.42 Å². The third-order valence-corrected chi connectivity index (χ3v) is 4.58. The highest BCUT2D eigenvalue weighted by Crippen LogP contribution is 2.54. The van der Waals surface area contributed by atoms with Crippen LogP contribution in [0.5, 0.6) is 0 Å². The Balaban J connectivity index is 2.22. The molecule has 18 heavy (non-hydrogen) atoms. The van der Waals surface area contributed by atoms with E-state index in [1.807, 2.05) is 31.2 Å². The summed E-state index contributed by atoms with van der Waals surface area (Å²) in [6.07, 6.45) is 1.19. The van der Waals surface area contributed by atoms with Gasteiger partial charge in [-0.05, 0) is 30.9 Å². The van der Waals surface area contributed by atoms with Crippen LogP contribution in [0.15, 0.2) is 24.3 Å². The lowest BCUT2D eigenvalue weighted by molar-refractivity contribution is -0.158. The number of piperidine rings is 1. The quantitative estimate of drug-likeness (QED) is 0.786. The van der Waals surface area contributed by atoms with Crippen LogP contribution in [0.1, 0.15) is 30.9 Å². The van der Waals surface area contributed by atoms with Crippen molar-refractivity contribution >= 4 is 11.9 Å². The van der Waals surface area contributed by atoms with Crippen LogP contribution in [0.4, 0.5) is 0 Å². The second-order valence-corrected chi connectivity index (χ2v) is 5.39. The third-order valence-electron chi connectivity index (χ3n) is 4.58. The summed E-state index contributed by atoms with van der Waals surface area (Å²) in [5, 5.41) is 12.6. The lowest BCUT2D eigenvalue weighted by atomic mass is 9.66. The molecule has 1 aliphatic heterocycles. The molecule has 0 aromatic heterocycles. The van der Waals surface area contributed by atoms with Crippen molar-refractivity contribution in [2.24, 2.45) is 5.41 Å². The molecule has 1 aromatic carbocycles. The van der Waals surface area contributed by atoms with E-state index in [0.717, 1.165) is 11.1 Å². The van der Waals surface area contributed by atoms with Gasteiger partial charge in [0.2, 0.25) is 5.91 Å². The smallest absolute Gasteiger partial charge is 0.312 e. The lowest BCUT2D eigenvalue weighted by Crippen LogP contribution is -2.60. The first-order valence-corrected chi connectivity index (χ1v) is 6.12. The topological polar surface area (TPSA) is 66.4 Å². The lowest BCUT2D eigenvalue weighted by Gasteiger charge is -2.45. The highest BCUT2D eigenvalue weighted by Gasteiger charge is 2.62. The Labute approximate surface area is 105 Å². The molecule has 1 saturated heterocycles. The van der Waals surface area contributed by atoms with Gasteiger partial charge in [0.25, 0.3) is 0 Å². The second-order valence-electron chi connectivity index (χ2n) is 5.39. The average Bonchev–Trinajstić information content (AvgIpc) is 2.59. The summed E-state index contributed by atoms with van der Waals surface area (Å²) in [4.78, 5) is 23.5. The fraction of sp³-hybridized carbons (Fsp3) is 0.429. The Kier molecular flexibility index (Phi) is 2.09. The Bertz CT molecular complexity index is 554. The van der Waals surface area contributed by atoms with Gasteiger partial charge in [-0.1, -0.05) is 24.3 Å². The first-order chi connectivity index (χ1) is 8.49. The van der Waals surface area contributed by atoms with Gasteiger partial charge in [0.15, 0.2) is 0 Å². The molecular weight excluding hydrogens is 230 g/mol. The van der Waals surface area contributed by atoms with E-state index in [0.29, 0.717) is 12.8 Å². The van der Waals surface area contributed by atoms with E-state index in [1.54, 1.807) is 0 Å². The number of rotatable bonds is 1. The first kappa shape index (κ1) is 11.3. The van der Waals surface area contributed by atoms with Gasteiger partial charge in [-0.3, -0.25) is 9.59 Å². The molecule has 2 atom stereocenters. The molecule has 0 bridgehead atoms. The predicted octanol–water partition coefficient (Wildman–Crippen LogP) is 1.44. The zero-order chi connectivity index (χ0) is 13.0. The van der Waals surface area contributed by atoms with Crippen LogP contribution in [0.3, 0.4) is 0 Å². The highest BCUT2D eigenvalue weighted by molar-refractivity contribution is 5.87. The third kappa shape index (κ3) is 1.15. The molecule has 0 radical (unpaired) electrons. The maximum atomic E-state index is 11.8. The summed E-state index contributed by atoms with van der Waals surface area (Å²) >= 11 is 0. The van der Waals surface area contributed by atoms with Crippen LogP contribution in [-0.2, 0) is 21.5 Å². The zero-order valence-corrected chi connectivity index (χ0v) is 10.2. The summed E-state index contributed by atoms with van der Waals surface area (Å²) in [6, 6.07) is 7.68. The summed E-state index contributed by atoms with van der Waals surface area (Å²) < 4.78 is 0. The number of benzene rings is 1. The maximum Gasteiger partial charge on any atom is 0.312 e. The van der Waals surface area contributed by atoms with Crippen LogP contribution >= 0.6 is 0 Å². The minimum absolute atomic E-state index is 0.0638. The van der Waals surface area contributed by atoms with E-state index in [-0.39, 0.29) is 12.3 Å². The van der Waals surface area contributed by atoms with Crippen LogP contribution in [0, 0.1) is 5.41 Å². The zero-order valence-electron chi connectivity index (χ0n) is 10.2. The normalized spacial score (nSPS) is 33.5. The molecule has 4 nitrogen and oxygen atoms in total. The van der Waals surface area contributed by atoms with Crippen molar-refractivity contribution in [1.29, 1.82) is 0 Å². The summed E-state index contributed by atoms with van der Waals surface area (Å²) in [6.45, 7) is 1.84. The fourth-order valence-corrected chi connectivity index (χ4v) is 3.51. The average molecular weight is 245 g/mol. The van der Waals surface area contributed by atoms with Crippen molar-refractivity contribution in [1.82, 2.24) is 5.32 Å². The number of nitrogens with one attached hydrogen (secondary N) is 1. The summed E-state index contributed by atoms with van der Waals surface area (Å²) in [5.74, 6) is -0.882. The SMILES string of the molecule is CC12NC(=O)CCC1(C(=O)O)Cc1ccccc12. The number of carboxylic acid groups (broad SMARTS) is 1. The van der Waals surface area contributed by atoms with E-state index < -0.39 is 16.9 Å². The molecular formula is C14H15NO3. The van der Waals surface area contributed by atoms with Crippen LogP contribution in [0.25, 0.3) is 0 Å². The van der Waals surface area contributed by atoms with Crippen LogP contribution in [-0.4, -0.2) is 17.0 Å². The van der Waals surface area contributed by atoms with E-state index in [2.05, 4.69) is 5.32 Å². The molecule has 4 heteroatoms. The van der Waals surface area contributed by atoms with Crippen LogP contribution in [0.2, 0.25) is 0 Å². The summed E-state index contributed by atoms with van der Waals surface area (Å²) in [5.41, 5.74) is 0.292. The Hall–Kier alpha value is -1.84. The van der Waals surface area contributed by atoms with E-state index in [1.165, 1.54) is 0 Å². The van der Waals surface area contributed by atoms with Gasteiger partial charge in [-0.2, -0.15) is 0 Å². The minimum Gasteiger partial charge on any atom is -0.481 e. The second kappa shape index (κ2) is 3.34. The predicted molar refractivity (Wildman–Crippen MR) is 64.9 cm³/mol. The molecule has 1 aliphatic carbocycles. The van der Waals surface area contributed by atoms with Gasteiger partial charge in [-0.25, -0.2) is 0 Å². The van der Waals surface area contributed by atoms with Gasteiger partial charge < -0.3 is 10.4 Å². The summed E-state index contributed by atoms with van der Waals surface area (Å²) in [7, 11) is 0. The Morgan fingerprint density at radius 1 is 1.39 bits per heavy atom. The molecule has 1 amide bonds. The molecule has 2 unspecified atom stereocenters. The molecule has 2 aliphatic rings. The van der Waals surface area contributed by atoms with Gasteiger partial charge in [0.1, 0.15) is 0 Å². The fourth-order valence-electron chi connectivity index (χ4n) is 3.51. The maximum absolute atomic E-state index is 11.8. The standard InChI is InChI=1S/C14H15NO3/c1-13-10-5-3-2-4-9(10)8-14(13,12(17)18)7-6-11(16)15-13/h2-5H,6-8H2,1H3,(H,15,16)(H,17,18). The van der Waals surface area contributed by atoms with Gasteiger partial charge >= 0.3 is 5.97 Å². The molecule has 2 N–H and O–H groups in total. The van der Waals surface area contributed by atoms with E-state index in [4.69, 9.17) is 0 Å². The van der Waals surface area contributed by atoms with Crippen molar-refractivity contribution in [3.63, 3.8) is 0 Å². The molecule has 1 heterocycles. The monoisotopic (exact) mass is 245 g/mol. The number of carboxylic acids is 1. The highest BCUT2D eigenvalue weighted by atomic mass is 16.4. The van der Waals surface area contributed by atoms with E-state index >= 15 is 0 Å². The number of hydrogen-bond donors (Lipinski definition) is 2. The number of hydrogen-bond acceptors (Lipinski definition) is 2. The van der Waals surface area contributed by atoms with Crippen LogP contribution < -0.4 is 5.32 Å². The van der Waals surface area contributed by atoms with Crippen molar-refractivity contribution in [2.45, 2.75) is 31.7 Å². The Morgan fingerprint density at radius 2 is 2.11 bits per heavy atom. The molecule has 0 spiro atoms. The number of carbonyl (C=O) groups is 2. The first-order valence-electron chi connectivity index (χ1n) is 6.12. The largest absolute Gasteiger partial charge is 0.481 e. The molecule has 0 saturated carbocycles. The van der Waals surface area contributed by atoms with Crippen molar-refractivity contribution in [2.75, 3.05) is 0 Å². The van der Waals surface area contributed by atoms with Crippen molar-refractivity contribution in [3.05, 3.63) is 35.4 Å². The van der Waals surface area contributed by atoms with Gasteiger partial charge in [0.05, 0.1) is 11.0 Å². The number of carbonyl (C=O) groups excluding carboxylic acids is 1. The minimum atomic E-state index is -0.898. The molecule has 3 rings (SSSR count). The molecule has 1 fully saturated rings. The van der Waals surface area contributed by atoms with Crippen molar-refractivity contribution < 1.29 is 14.7 Å². The van der Waals surface area contributed by atoms with Gasteiger partial charge in [-0.15, -0.1) is 0 Å².